The Morgan fingerprint density at radius 3 is 2.58 bits per heavy atom. The highest BCUT2D eigenvalue weighted by Crippen LogP contribution is 2.22. The zero-order chi connectivity index (χ0) is 22.4. The second-order valence-corrected chi connectivity index (χ2v) is 9.49. The van der Waals surface area contributed by atoms with Gasteiger partial charge in [0.25, 0.3) is 0 Å². The van der Waals surface area contributed by atoms with Crippen molar-refractivity contribution in [2.24, 2.45) is 0 Å². The summed E-state index contributed by atoms with van der Waals surface area (Å²) in [4.78, 5) is 16.5. The lowest BCUT2D eigenvalue weighted by molar-refractivity contribution is -0.121. The molecule has 0 fully saturated rings. The van der Waals surface area contributed by atoms with Gasteiger partial charge in [-0.05, 0) is 55.2 Å². The van der Waals surface area contributed by atoms with Gasteiger partial charge < -0.3 is 9.88 Å². The predicted molar refractivity (Wildman–Crippen MR) is 123 cm³/mol. The van der Waals surface area contributed by atoms with Crippen LogP contribution >= 0.6 is 0 Å². The molecule has 164 valence electrons. The van der Waals surface area contributed by atoms with Crippen molar-refractivity contribution in [3.8, 4) is 5.69 Å². The maximum Gasteiger partial charge on any atom is 0.232 e. The fourth-order valence-corrected chi connectivity index (χ4v) is 4.30. The first-order valence-electron chi connectivity index (χ1n) is 10.1. The molecule has 0 spiro atoms. The average Bonchev–Trinajstić information content (AvgIpc) is 3.26. The Bertz CT molecular complexity index is 1140. The number of carbonyl (C=O) groups is 1. The van der Waals surface area contributed by atoms with Crippen molar-refractivity contribution in [2.45, 2.75) is 33.2 Å². The number of hydrogen-bond donors (Lipinski definition) is 1. The molecule has 1 heterocycles. The van der Waals surface area contributed by atoms with Crippen LogP contribution in [0.1, 0.15) is 29.5 Å². The van der Waals surface area contributed by atoms with E-state index in [-0.39, 0.29) is 18.9 Å². The molecule has 31 heavy (non-hydrogen) atoms. The van der Waals surface area contributed by atoms with E-state index in [2.05, 4.69) is 10.3 Å². The number of anilines is 1. The number of rotatable bonds is 9. The van der Waals surface area contributed by atoms with Crippen LogP contribution < -0.4 is 9.62 Å². The van der Waals surface area contributed by atoms with Crippen LogP contribution in [0.5, 0.6) is 0 Å². The van der Waals surface area contributed by atoms with Gasteiger partial charge in [-0.3, -0.25) is 9.10 Å². The number of hydrogen-bond acceptors (Lipinski definition) is 4. The number of aromatic nitrogens is 2. The van der Waals surface area contributed by atoms with Crippen molar-refractivity contribution < 1.29 is 13.2 Å². The lowest BCUT2D eigenvalue weighted by Crippen LogP contribution is -2.32. The fraction of sp³-hybridized carbons (Fsp3) is 0.304. The summed E-state index contributed by atoms with van der Waals surface area (Å²) in [5.74, 6) is -0.117. The molecule has 1 aromatic heterocycles. The van der Waals surface area contributed by atoms with Crippen molar-refractivity contribution in [1.29, 1.82) is 0 Å². The molecule has 0 unspecified atom stereocenters. The van der Waals surface area contributed by atoms with Gasteiger partial charge in [-0.25, -0.2) is 13.4 Å². The molecule has 0 aliphatic rings. The van der Waals surface area contributed by atoms with E-state index in [0.29, 0.717) is 18.7 Å². The van der Waals surface area contributed by atoms with Gasteiger partial charge in [-0.15, -0.1) is 0 Å². The van der Waals surface area contributed by atoms with Crippen LogP contribution in [0.4, 0.5) is 5.69 Å². The Morgan fingerprint density at radius 1 is 1.13 bits per heavy atom. The topological polar surface area (TPSA) is 84.3 Å². The Balaban J connectivity index is 1.57. The summed E-state index contributed by atoms with van der Waals surface area (Å²) >= 11 is 0. The summed E-state index contributed by atoms with van der Waals surface area (Å²) in [5, 5.41) is 2.93. The Morgan fingerprint density at radius 2 is 1.90 bits per heavy atom. The summed E-state index contributed by atoms with van der Waals surface area (Å²) < 4.78 is 27.8. The number of carbonyl (C=O) groups excluding carboxylic acids is 1. The molecule has 0 bridgehead atoms. The summed E-state index contributed by atoms with van der Waals surface area (Å²) in [7, 11) is -3.44. The van der Waals surface area contributed by atoms with Crippen LogP contribution in [-0.2, 0) is 21.4 Å². The molecule has 0 saturated heterocycles. The van der Waals surface area contributed by atoms with Gasteiger partial charge in [0.1, 0.15) is 0 Å². The maximum absolute atomic E-state index is 12.4. The molecule has 1 N–H and O–H groups in total. The quantitative estimate of drug-likeness (QED) is 0.553. The molecule has 0 saturated carbocycles. The number of imidazole rings is 1. The van der Waals surface area contributed by atoms with Gasteiger partial charge in [0.05, 0.1) is 24.0 Å². The van der Waals surface area contributed by atoms with Gasteiger partial charge in [0.15, 0.2) is 0 Å². The smallest absolute Gasteiger partial charge is 0.232 e. The van der Waals surface area contributed by atoms with Crippen LogP contribution in [0.2, 0.25) is 0 Å². The zero-order valence-electron chi connectivity index (χ0n) is 18.1. The van der Waals surface area contributed by atoms with Crippen molar-refractivity contribution >= 4 is 21.6 Å². The van der Waals surface area contributed by atoms with Crippen molar-refractivity contribution in [3.63, 3.8) is 0 Å². The van der Waals surface area contributed by atoms with E-state index in [4.69, 9.17) is 0 Å². The predicted octanol–water partition coefficient (Wildman–Crippen LogP) is 3.35. The van der Waals surface area contributed by atoms with E-state index in [1.807, 2.05) is 61.0 Å². The van der Waals surface area contributed by atoms with E-state index in [1.165, 1.54) is 10.6 Å². The summed E-state index contributed by atoms with van der Waals surface area (Å²) in [6, 6.07) is 13.4. The number of aryl methyl sites for hydroxylation is 2. The SMILES string of the molecule is Cc1ccc(N(CCCC(=O)NCc2ccccc2-n2ccnc2)S(C)(=O)=O)cc1C. The second kappa shape index (κ2) is 9.78. The Hall–Kier alpha value is -3.13. The van der Waals surface area contributed by atoms with E-state index >= 15 is 0 Å². The monoisotopic (exact) mass is 440 g/mol. The third-order valence-corrected chi connectivity index (χ3v) is 6.39. The van der Waals surface area contributed by atoms with Crippen molar-refractivity contribution in [3.05, 3.63) is 77.9 Å². The van der Waals surface area contributed by atoms with Gasteiger partial charge in [-0.2, -0.15) is 0 Å². The summed E-state index contributed by atoms with van der Waals surface area (Å²) in [6.07, 6.45) is 7.13. The molecule has 1 amide bonds. The third-order valence-electron chi connectivity index (χ3n) is 5.19. The molecule has 7 nitrogen and oxygen atoms in total. The number of benzene rings is 2. The highest BCUT2D eigenvalue weighted by molar-refractivity contribution is 7.92. The van der Waals surface area contributed by atoms with Crippen LogP contribution in [-0.4, -0.2) is 36.7 Å². The molecule has 0 aliphatic heterocycles. The first-order valence-corrected chi connectivity index (χ1v) is 12.0. The highest BCUT2D eigenvalue weighted by atomic mass is 32.2. The summed E-state index contributed by atoms with van der Waals surface area (Å²) in [6.45, 7) is 4.58. The number of amides is 1. The molecule has 0 aliphatic carbocycles. The maximum atomic E-state index is 12.4. The number of nitrogens with zero attached hydrogens (tertiary/aromatic N) is 3. The minimum Gasteiger partial charge on any atom is -0.352 e. The minimum atomic E-state index is -3.44. The standard InChI is InChI=1S/C23H28N4O3S/c1-18-10-11-21(15-19(18)2)27(31(3,29)30)13-6-9-23(28)25-16-20-7-4-5-8-22(20)26-14-12-24-17-26/h4-5,7-8,10-12,14-15,17H,6,9,13,16H2,1-3H3,(H,25,28). The van der Waals surface area contributed by atoms with Crippen molar-refractivity contribution in [2.75, 3.05) is 17.1 Å². The van der Waals surface area contributed by atoms with Gasteiger partial charge in [0.2, 0.25) is 15.9 Å². The molecular weight excluding hydrogens is 412 g/mol. The molecular formula is C23H28N4O3S. The van der Waals surface area contributed by atoms with Crippen molar-refractivity contribution in [1.82, 2.24) is 14.9 Å². The summed E-state index contributed by atoms with van der Waals surface area (Å²) in [5.41, 5.74) is 4.69. The zero-order valence-corrected chi connectivity index (χ0v) is 18.9. The Kier molecular flexibility index (Phi) is 7.12. The highest BCUT2D eigenvalue weighted by Gasteiger charge is 2.18. The number of nitrogens with one attached hydrogen (secondary N) is 1. The number of para-hydroxylation sites is 1. The molecule has 2 aromatic carbocycles. The van der Waals surface area contributed by atoms with Gasteiger partial charge >= 0.3 is 0 Å². The van der Waals surface area contributed by atoms with E-state index in [0.717, 1.165) is 22.4 Å². The van der Waals surface area contributed by atoms with E-state index < -0.39 is 10.0 Å². The van der Waals surface area contributed by atoms with E-state index in [1.54, 1.807) is 18.6 Å². The largest absolute Gasteiger partial charge is 0.352 e. The number of sulfonamides is 1. The lowest BCUT2D eigenvalue weighted by atomic mass is 10.1. The Labute approximate surface area is 183 Å². The molecule has 3 aromatic rings. The average molecular weight is 441 g/mol. The minimum absolute atomic E-state index is 0.117. The van der Waals surface area contributed by atoms with Gasteiger partial charge in [0, 0.05) is 31.9 Å². The molecule has 3 rings (SSSR count). The van der Waals surface area contributed by atoms with Crippen LogP contribution in [0.15, 0.2) is 61.2 Å². The fourth-order valence-electron chi connectivity index (χ4n) is 3.35. The normalized spacial score (nSPS) is 11.3. The van der Waals surface area contributed by atoms with Gasteiger partial charge in [-0.1, -0.05) is 24.3 Å². The first-order chi connectivity index (χ1) is 14.8. The van der Waals surface area contributed by atoms with Crippen LogP contribution in [0.3, 0.4) is 0 Å². The van der Waals surface area contributed by atoms with E-state index in [9.17, 15) is 13.2 Å². The molecule has 8 heteroatoms. The molecule has 0 atom stereocenters. The van der Waals surface area contributed by atoms with Crippen LogP contribution in [0, 0.1) is 13.8 Å². The second-order valence-electron chi connectivity index (χ2n) is 7.58. The first kappa shape index (κ1) is 22.6. The third kappa shape index (κ3) is 5.95. The molecule has 0 radical (unpaired) electrons. The lowest BCUT2D eigenvalue weighted by Gasteiger charge is -2.23. The van der Waals surface area contributed by atoms with Crippen LogP contribution in [0.25, 0.3) is 5.69 Å².